The van der Waals surface area contributed by atoms with Crippen molar-refractivity contribution in [3.8, 4) is 0 Å². The number of carbonyl (C=O) groups is 1. The number of likely N-dealkylation sites (N-methyl/N-ethyl adjacent to an activating group) is 1. The maximum absolute atomic E-state index is 11.0. The molecule has 1 aliphatic heterocycles. The average molecular weight is 297 g/mol. The zero-order valence-corrected chi connectivity index (χ0v) is 12.4. The van der Waals surface area contributed by atoms with Gasteiger partial charge in [0.2, 0.25) is 0 Å². The van der Waals surface area contributed by atoms with Crippen LogP contribution in [0.15, 0.2) is 48.5 Å². The summed E-state index contributed by atoms with van der Waals surface area (Å²) in [7, 11) is 2.11. The Balaban J connectivity index is 1.82. The van der Waals surface area contributed by atoms with Gasteiger partial charge in [0.25, 0.3) is 0 Å². The molecule has 1 aromatic carbocycles. The Bertz CT molecular complexity index is 660. The summed E-state index contributed by atoms with van der Waals surface area (Å²) in [6, 6.07) is 15.9. The minimum absolute atomic E-state index is 0.0626. The van der Waals surface area contributed by atoms with Gasteiger partial charge in [0, 0.05) is 12.6 Å². The lowest BCUT2D eigenvalue weighted by Crippen LogP contribution is -2.29. The number of anilines is 1. The van der Waals surface area contributed by atoms with Crippen LogP contribution in [0.4, 0.5) is 5.82 Å². The van der Waals surface area contributed by atoms with E-state index in [0.29, 0.717) is 5.82 Å². The average Bonchev–Trinajstić information content (AvgIpc) is 2.89. The van der Waals surface area contributed by atoms with E-state index in [2.05, 4.69) is 34.4 Å². The van der Waals surface area contributed by atoms with Gasteiger partial charge in [-0.05, 0) is 31.2 Å². The molecule has 1 saturated heterocycles. The number of likely N-dealkylation sites (tertiary alicyclic amines) is 1. The standard InChI is InChI=1S/C17H19N3O2/c1-20-11-10-13(16(20)12-6-3-2-4-7-12)18-15-9-5-8-14(19-15)17(21)22/h2-9,13,16H,10-11H2,1H3,(H,18,19)(H,21,22). The van der Waals surface area contributed by atoms with Gasteiger partial charge in [-0.3, -0.25) is 4.90 Å². The highest BCUT2D eigenvalue weighted by atomic mass is 16.4. The smallest absolute Gasteiger partial charge is 0.354 e. The van der Waals surface area contributed by atoms with E-state index in [1.54, 1.807) is 6.07 Å². The van der Waals surface area contributed by atoms with E-state index in [9.17, 15) is 4.79 Å². The molecule has 22 heavy (non-hydrogen) atoms. The molecule has 2 N–H and O–H groups in total. The SMILES string of the molecule is CN1CCC(Nc2cccc(C(=O)O)n2)C1c1ccccc1. The van der Waals surface area contributed by atoms with Crippen molar-refractivity contribution < 1.29 is 9.90 Å². The van der Waals surface area contributed by atoms with Crippen LogP contribution < -0.4 is 5.32 Å². The number of pyridine rings is 1. The summed E-state index contributed by atoms with van der Waals surface area (Å²) in [6.45, 7) is 0.996. The first-order valence-corrected chi connectivity index (χ1v) is 7.37. The summed E-state index contributed by atoms with van der Waals surface area (Å²) >= 11 is 0. The second kappa shape index (κ2) is 6.15. The molecule has 0 aliphatic carbocycles. The summed E-state index contributed by atoms with van der Waals surface area (Å²) in [6.07, 6.45) is 0.995. The van der Waals surface area contributed by atoms with Crippen molar-refractivity contribution in [1.29, 1.82) is 0 Å². The first-order valence-electron chi connectivity index (χ1n) is 7.37. The first-order chi connectivity index (χ1) is 10.6. The minimum Gasteiger partial charge on any atom is -0.477 e. The molecule has 0 bridgehead atoms. The quantitative estimate of drug-likeness (QED) is 0.908. The van der Waals surface area contributed by atoms with Crippen LogP contribution in [-0.2, 0) is 0 Å². The number of benzene rings is 1. The molecule has 1 fully saturated rings. The highest BCUT2D eigenvalue weighted by Crippen LogP contribution is 2.32. The Morgan fingerprint density at radius 3 is 2.73 bits per heavy atom. The Hall–Kier alpha value is -2.40. The zero-order valence-electron chi connectivity index (χ0n) is 12.4. The van der Waals surface area contributed by atoms with Crippen molar-refractivity contribution in [3.05, 3.63) is 59.8 Å². The van der Waals surface area contributed by atoms with Crippen molar-refractivity contribution in [3.63, 3.8) is 0 Å². The van der Waals surface area contributed by atoms with E-state index in [-0.39, 0.29) is 17.8 Å². The van der Waals surface area contributed by atoms with E-state index >= 15 is 0 Å². The third-order valence-electron chi connectivity index (χ3n) is 4.09. The van der Waals surface area contributed by atoms with Gasteiger partial charge in [0.15, 0.2) is 5.69 Å². The van der Waals surface area contributed by atoms with Crippen LogP contribution in [0, 0.1) is 0 Å². The molecule has 2 unspecified atom stereocenters. The molecule has 2 heterocycles. The molecule has 3 rings (SSSR count). The fourth-order valence-electron chi connectivity index (χ4n) is 3.06. The minimum atomic E-state index is -1.01. The van der Waals surface area contributed by atoms with Crippen molar-refractivity contribution in [2.45, 2.75) is 18.5 Å². The molecule has 114 valence electrons. The number of nitrogens with one attached hydrogen (secondary N) is 1. The van der Waals surface area contributed by atoms with Gasteiger partial charge in [-0.2, -0.15) is 0 Å². The summed E-state index contributed by atoms with van der Waals surface area (Å²) in [5.41, 5.74) is 1.32. The fourth-order valence-corrected chi connectivity index (χ4v) is 3.06. The number of hydrogen-bond acceptors (Lipinski definition) is 4. The highest BCUT2D eigenvalue weighted by Gasteiger charge is 2.33. The van der Waals surface area contributed by atoms with Crippen LogP contribution in [-0.4, -0.2) is 40.6 Å². The summed E-state index contributed by atoms with van der Waals surface area (Å²) in [5, 5.41) is 12.4. The molecule has 0 spiro atoms. The third kappa shape index (κ3) is 2.94. The molecule has 5 heteroatoms. The lowest BCUT2D eigenvalue weighted by Gasteiger charge is -2.26. The van der Waals surface area contributed by atoms with E-state index in [1.165, 1.54) is 11.6 Å². The van der Waals surface area contributed by atoms with E-state index in [0.717, 1.165) is 13.0 Å². The maximum Gasteiger partial charge on any atom is 0.354 e. The number of nitrogens with zero attached hydrogens (tertiary/aromatic N) is 2. The van der Waals surface area contributed by atoms with Crippen molar-refractivity contribution >= 4 is 11.8 Å². The van der Waals surface area contributed by atoms with Gasteiger partial charge >= 0.3 is 5.97 Å². The maximum atomic E-state index is 11.0. The molecule has 0 radical (unpaired) electrons. The Kier molecular flexibility index (Phi) is 4.06. The van der Waals surface area contributed by atoms with Gasteiger partial charge in [0.05, 0.1) is 6.04 Å². The number of rotatable bonds is 4. The predicted molar refractivity (Wildman–Crippen MR) is 85.0 cm³/mol. The van der Waals surface area contributed by atoms with Crippen LogP contribution in [0.3, 0.4) is 0 Å². The van der Waals surface area contributed by atoms with Gasteiger partial charge in [-0.1, -0.05) is 36.4 Å². The third-order valence-corrected chi connectivity index (χ3v) is 4.09. The van der Waals surface area contributed by atoms with Crippen molar-refractivity contribution in [2.75, 3.05) is 18.9 Å². The predicted octanol–water partition coefficient (Wildman–Crippen LogP) is 2.64. The number of carboxylic acid groups (broad SMARTS) is 1. The normalized spacial score (nSPS) is 21.7. The van der Waals surface area contributed by atoms with E-state index in [4.69, 9.17) is 5.11 Å². The zero-order chi connectivity index (χ0) is 15.5. The van der Waals surface area contributed by atoms with Gasteiger partial charge in [-0.15, -0.1) is 0 Å². The Morgan fingerprint density at radius 2 is 2.00 bits per heavy atom. The summed E-state index contributed by atoms with van der Waals surface area (Å²) in [4.78, 5) is 17.5. The lowest BCUT2D eigenvalue weighted by atomic mass is 10.0. The Labute approximate surface area is 129 Å². The van der Waals surface area contributed by atoms with Crippen LogP contribution in [0.5, 0.6) is 0 Å². The molecular formula is C17H19N3O2. The van der Waals surface area contributed by atoms with Crippen LogP contribution >= 0.6 is 0 Å². The van der Waals surface area contributed by atoms with Crippen molar-refractivity contribution in [1.82, 2.24) is 9.88 Å². The van der Waals surface area contributed by atoms with Crippen LogP contribution in [0.1, 0.15) is 28.5 Å². The molecular weight excluding hydrogens is 278 g/mol. The van der Waals surface area contributed by atoms with E-state index < -0.39 is 5.97 Å². The molecule has 2 atom stereocenters. The highest BCUT2D eigenvalue weighted by molar-refractivity contribution is 5.85. The molecule has 5 nitrogen and oxygen atoms in total. The number of aromatic carboxylic acids is 1. The largest absolute Gasteiger partial charge is 0.477 e. The molecule has 1 aromatic heterocycles. The van der Waals surface area contributed by atoms with Crippen molar-refractivity contribution in [2.24, 2.45) is 0 Å². The Morgan fingerprint density at radius 1 is 1.23 bits per heavy atom. The molecule has 2 aromatic rings. The second-order valence-electron chi connectivity index (χ2n) is 5.59. The monoisotopic (exact) mass is 297 g/mol. The second-order valence-corrected chi connectivity index (χ2v) is 5.59. The van der Waals surface area contributed by atoms with Crippen LogP contribution in [0.25, 0.3) is 0 Å². The number of hydrogen-bond donors (Lipinski definition) is 2. The van der Waals surface area contributed by atoms with Gasteiger partial charge < -0.3 is 10.4 Å². The topological polar surface area (TPSA) is 65.5 Å². The number of aromatic nitrogens is 1. The molecule has 0 saturated carbocycles. The summed E-state index contributed by atoms with van der Waals surface area (Å²) in [5.74, 6) is -0.395. The van der Waals surface area contributed by atoms with Gasteiger partial charge in [0.1, 0.15) is 5.82 Å². The first kappa shape index (κ1) is 14.5. The number of carboxylic acids is 1. The summed E-state index contributed by atoms with van der Waals surface area (Å²) < 4.78 is 0. The van der Waals surface area contributed by atoms with Gasteiger partial charge in [-0.25, -0.2) is 9.78 Å². The van der Waals surface area contributed by atoms with E-state index in [1.807, 2.05) is 24.3 Å². The molecule has 0 amide bonds. The fraction of sp³-hybridized carbons (Fsp3) is 0.294. The van der Waals surface area contributed by atoms with Crippen LogP contribution in [0.2, 0.25) is 0 Å². The lowest BCUT2D eigenvalue weighted by molar-refractivity contribution is 0.0690. The molecule has 1 aliphatic rings.